The topological polar surface area (TPSA) is 64.6 Å². The number of ether oxygens (including phenoxy) is 2. The molecule has 1 amide bonds. The molecular formula is C32H31NO4. The maximum absolute atomic E-state index is 12.6. The van der Waals surface area contributed by atoms with Gasteiger partial charge in [0.2, 0.25) is 5.91 Å². The van der Waals surface area contributed by atoms with Gasteiger partial charge in [0.25, 0.3) is 0 Å². The first-order valence-electron chi connectivity index (χ1n) is 12.4. The van der Waals surface area contributed by atoms with Crippen molar-refractivity contribution in [3.8, 4) is 5.75 Å². The smallest absolute Gasteiger partial charge is 0.337 e. The number of hydrogen-bond acceptors (Lipinski definition) is 4. The normalized spacial score (nSPS) is 10.5. The van der Waals surface area contributed by atoms with Crippen molar-refractivity contribution < 1.29 is 19.1 Å². The average molecular weight is 494 g/mol. The van der Waals surface area contributed by atoms with E-state index >= 15 is 0 Å². The van der Waals surface area contributed by atoms with E-state index in [0.717, 1.165) is 29.5 Å². The van der Waals surface area contributed by atoms with Crippen molar-refractivity contribution >= 4 is 11.9 Å². The van der Waals surface area contributed by atoms with Gasteiger partial charge in [-0.05, 0) is 53.3 Å². The summed E-state index contributed by atoms with van der Waals surface area (Å²) in [5, 5.41) is 2.93. The van der Waals surface area contributed by atoms with Crippen LogP contribution in [0.4, 0.5) is 0 Å². The van der Waals surface area contributed by atoms with Gasteiger partial charge in [0.15, 0.2) is 0 Å². The maximum Gasteiger partial charge on any atom is 0.337 e. The van der Waals surface area contributed by atoms with Crippen molar-refractivity contribution in [2.45, 2.75) is 32.4 Å². The van der Waals surface area contributed by atoms with Crippen LogP contribution < -0.4 is 10.1 Å². The third-order valence-electron chi connectivity index (χ3n) is 6.15. The lowest BCUT2D eigenvalue weighted by atomic mass is 10.0. The zero-order chi connectivity index (χ0) is 25.9. The van der Waals surface area contributed by atoms with Crippen LogP contribution in [0.5, 0.6) is 5.75 Å². The number of nitrogens with one attached hydrogen (secondary N) is 1. The fourth-order valence-electron chi connectivity index (χ4n) is 4.00. The molecule has 0 fully saturated rings. The molecule has 0 saturated carbocycles. The molecule has 1 N–H and O–H groups in total. The second-order valence-electron chi connectivity index (χ2n) is 8.84. The van der Waals surface area contributed by atoms with Crippen LogP contribution in [0.3, 0.4) is 0 Å². The van der Waals surface area contributed by atoms with Gasteiger partial charge in [-0.15, -0.1) is 0 Å². The summed E-state index contributed by atoms with van der Waals surface area (Å²) in [5.74, 6) is 0.218. The van der Waals surface area contributed by atoms with E-state index < -0.39 is 0 Å². The first-order valence-corrected chi connectivity index (χ1v) is 12.4. The van der Waals surface area contributed by atoms with Gasteiger partial charge in [0, 0.05) is 12.1 Å². The van der Waals surface area contributed by atoms with Crippen LogP contribution in [0, 0.1) is 0 Å². The molecule has 4 aromatic carbocycles. The van der Waals surface area contributed by atoms with Gasteiger partial charge in [0.05, 0.1) is 19.1 Å². The zero-order valence-electron chi connectivity index (χ0n) is 21.0. The summed E-state index contributed by atoms with van der Waals surface area (Å²) < 4.78 is 10.8. The zero-order valence-corrected chi connectivity index (χ0v) is 21.0. The Balaban J connectivity index is 1.26. The molecule has 37 heavy (non-hydrogen) atoms. The average Bonchev–Trinajstić information content (AvgIpc) is 2.95. The number of benzene rings is 4. The SMILES string of the molecule is COC(=O)c1ccc(CNC(=O)Cc2ccccc2OCc2ccc(CCc3ccccc3)cc2)cc1. The van der Waals surface area contributed by atoms with Gasteiger partial charge in [0.1, 0.15) is 12.4 Å². The van der Waals surface area contributed by atoms with Crippen LogP contribution in [-0.2, 0) is 41.9 Å². The molecule has 4 rings (SSSR count). The Morgan fingerprint density at radius 1 is 0.676 bits per heavy atom. The van der Waals surface area contributed by atoms with E-state index in [1.165, 1.54) is 18.2 Å². The van der Waals surface area contributed by atoms with E-state index in [-0.39, 0.29) is 18.3 Å². The van der Waals surface area contributed by atoms with Crippen molar-refractivity contribution in [3.63, 3.8) is 0 Å². The predicted molar refractivity (Wildman–Crippen MR) is 144 cm³/mol. The minimum atomic E-state index is -0.383. The van der Waals surface area contributed by atoms with Crippen LogP contribution in [0.25, 0.3) is 0 Å². The van der Waals surface area contributed by atoms with Crippen molar-refractivity contribution in [1.82, 2.24) is 5.32 Å². The number of rotatable bonds is 11. The highest BCUT2D eigenvalue weighted by atomic mass is 16.5. The first kappa shape index (κ1) is 25.7. The molecule has 0 radical (unpaired) electrons. The Kier molecular flexibility index (Phi) is 9.08. The Morgan fingerprint density at radius 3 is 1.97 bits per heavy atom. The van der Waals surface area contributed by atoms with Gasteiger partial charge in [-0.1, -0.05) is 84.9 Å². The van der Waals surface area contributed by atoms with Gasteiger partial charge in [-0.2, -0.15) is 0 Å². The Bertz CT molecular complexity index is 1300. The first-order chi connectivity index (χ1) is 18.1. The molecule has 0 unspecified atom stereocenters. The van der Waals surface area contributed by atoms with Crippen LogP contribution in [0.15, 0.2) is 103 Å². The van der Waals surface area contributed by atoms with E-state index in [0.29, 0.717) is 24.5 Å². The largest absolute Gasteiger partial charge is 0.489 e. The number of amides is 1. The highest BCUT2D eigenvalue weighted by Gasteiger charge is 2.10. The quantitative estimate of drug-likeness (QED) is 0.272. The third-order valence-corrected chi connectivity index (χ3v) is 6.15. The Labute approximate surface area is 218 Å². The summed E-state index contributed by atoms with van der Waals surface area (Å²) in [7, 11) is 1.35. The molecule has 0 heterocycles. The standard InChI is InChI=1S/C32H31NO4/c1-36-32(35)28-19-17-26(18-20-28)22-33-31(34)21-29-9-5-6-10-30(29)37-23-27-15-13-25(14-16-27)12-11-24-7-3-2-4-8-24/h2-10,13-20H,11-12,21-23H2,1H3,(H,33,34). The van der Waals surface area contributed by atoms with E-state index in [4.69, 9.17) is 9.47 Å². The van der Waals surface area contributed by atoms with Crippen LogP contribution in [-0.4, -0.2) is 19.0 Å². The highest BCUT2D eigenvalue weighted by molar-refractivity contribution is 5.89. The fourth-order valence-corrected chi connectivity index (χ4v) is 4.00. The molecule has 0 aliphatic heterocycles. The number of methoxy groups -OCH3 is 1. The lowest BCUT2D eigenvalue weighted by Gasteiger charge is -2.12. The van der Waals surface area contributed by atoms with Gasteiger partial charge >= 0.3 is 5.97 Å². The number of hydrogen-bond donors (Lipinski definition) is 1. The number of carbonyl (C=O) groups is 2. The van der Waals surface area contributed by atoms with Crippen molar-refractivity contribution in [2.75, 3.05) is 7.11 Å². The van der Waals surface area contributed by atoms with E-state index in [1.807, 2.05) is 30.3 Å². The summed E-state index contributed by atoms with van der Waals surface area (Å²) in [4.78, 5) is 24.2. The van der Waals surface area contributed by atoms with Gasteiger partial charge in [-0.25, -0.2) is 4.79 Å². The van der Waals surface area contributed by atoms with E-state index in [2.05, 4.69) is 53.8 Å². The molecule has 0 aromatic heterocycles. The number of para-hydroxylation sites is 1. The van der Waals surface area contributed by atoms with Crippen molar-refractivity contribution in [1.29, 1.82) is 0 Å². The molecule has 5 nitrogen and oxygen atoms in total. The summed E-state index contributed by atoms with van der Waals surface area (Å²) in [5.41, 5.74) is 5.93. The van der Waals surface area contributed by atoms with Crippen molar-refractivity contribution in [2.24, 2.45) is 0 Å². The Hall–Kier alpha value is -4.38. The summed E-state index contributed by atoms with van der Waals surface area (Å²) >= 11 is 0. The molecule has 188 valence electrons. The number of esters is 1. The molecule has 0 spiro atoms. The molecule has 0 bridgehead atoms. The second-order valence-corrected chi connectivity index (χ2v) is 8.84. The highest BCUT2D eigenvalue weighted by Crippen LogP contribution is 2.20. The lowest BCUT2D eigenvalue weighted by molar-refractivity contribution is -0.120. The van der Waals surface area contributed by atoms with Gasteiger partial charge < -0.3 is 14.8 Å². The molecule has 0 aliphatic rings. The number of aryl methyl sites for hydroxylation is 2. The summed E-state index contributed by atoms with van der Waals surface area (Å²) in [6, 6.07) is 33.6. The maximum atomic E-state index is 12.6. The van der Waals surface area contributed by atoms with Crippen LogP contribution in [0.2, 0.25) is 0 Å². The summed E-state index contributed by atoms with van der Waals surface area (Å²) in [6.07, 6.45) is 2.23. The van der Waals surface area contributed by atoms with Crippen LogP contribution in [0.1, 0.15) is 38.2 Å². The predicted octanol–water partition coefficient (Wildman–Crippen LogP) is 5.70. The third kappa shape index (κ3) is 7.80. The fraction of sp³-hybridized carbons (Fsp3) is 0.188. The molecule has 0 atom stereocenters. The van der Waals surface area contributed by atoms with E-state index in [9.17, 15) is 9.59 Å². The van der Waals surface area contributed by atoms with Crippen molar-refractivity contribution in [3.05, 3.63) is 137 Å². The summed E-state index contributed by atoms with van der Waals surface area (Å²) in [6.45, 7) is 0.810. The molecule has 0 aliphatic carbocycles. The lowest BCUT2D eigenvalue weighted by Crippen LogP contribution is -2.24. The van der Waals surface area contributed by atoms with Gasteiger partial charge in [-0.3, -0.25) is 4.79 Å². The van der Waals surface area contributed by atoms with E-state index in [1.54, 1.807) is 24.3 Å². The molecule has 0 saturated heterocycles. The minimum Gasteiger partial charge on any atom is -0.489 e. The monoisotopic (exact) mass is 493 g/mol. The molecule has 5 heteroatoms. The molecular weight excluding hydrogens is 462 g/mol. The second kappa shape index (κ2) is 13.1. The Morgan fingerprint density at radius 2 is 1.27 bits per heavy atom. The number of carbonyl (C=O) groups excluding carboxylic acids is 2. The van der Waals surface area contributed by atoms with Crippen LogP contribution >= 0.6 is 0 Å². The minimum absolute atomic E-state index is 0.101. The molecule has 4 aromatic rings.